The van der Waals surface area contributed by atoms with E-state index in [-0.39, 0.29) is 0 Å². The van der Waals surface area contributed by atoms with Crippen molar-refractivity contribution < 1.29 is 15.0 Å². The van der Waals surface area contributed by atoms with Gasteiger partial charge < -0.3 is 15.5 Å². The van der Waals surface area contributed by atoms with E-state index in [0.717, 1.165) is 4.90 Å². The van der Waals surface area contributed by atoms with Gasteiger partial charge in [0.15, 0.2) is 0 Å². The van der Waals surface area contributed by atoms with E-state index in [1.54, 1.807) is 0 Å². The van der Waals surface area contributed by atoms with Crippen molar-refractivity contribution in [2.75, 3.05) is 20.0 Å². The average Bonchev–Trinajstić information content (AvgIpc) is 2.03. The molecule has 0 aromatic heterocycles. The van der Waals surface area contributed by atoms with Gasteiger partial charge in [0.05, 0.1) is 0 Å². The first-order chi connectivity index (χ1) is 5.26. The molecule has 0 bridgehead atoms. The zero-order chi connectivity index (χ0) is 8.69. The Morgan fingerprint density at radius 3 is 2.45 bits per heavy atom. The van der Waals surface area contributed by atoms with Crippen LogP contribution in [-0.4, -0.2) is 41.2 Å². The maximum Gasteiger partial charge on any atom is 0.321 e. The Bertz CT molecular complexity index is 134. The molecule has 0 atom stereocenters. The molecule has 64 valence electrons. The van der Waals surface area contributed by atoms with E-state index in [9.17, 15) is 4.79 Å². The number of carbonyl (C=O) groups is 1. The van der Waals surface area contributed by atoms with Crippen LogP contribution in [0, 0.1) is 0 Å². The third kappa shape index (κ3) is 3.59. The van der Waals surface area contributed by atoms with Gasteiger partial charge in [0.1, 0.15) is 13.5 Å². The summed E-state index contributed by atoms with van der Waals surface area (Å²) in [6.45, 7) is 2.70. The molecule has 11 heavy (non-hydrogen) atoms. The zero-order valence-electron chi connectivity index (χ0n) is 6.16. The van der Waals surface area contributed by atoms with Crippen LogP contribution in [-0.2, 0) is 0 Å². The van der Waals surface area contributed by atoms with Gasteiger partial charge in [0.25, 0.3) is 0 Å². The fourth-order valence-electron chi connectivity index (χ4n) is 0.444. The van der Waals surface area contributed by atoms with Crippen molar-refractivity contribution in [2.45, 2.75) is 0 Å². The summed E-state index contributed by atoms with van der Waals surface area (Å²) >= 11 is 0. The number of aliphatic hydroxyl groups is 2. The Hall–Kier alpha value is -1.07. The molecule has 0 aliphatic rings. The topological polar surface area (TPSA) is 72.8 Å². The third-order valence-corrected chi connectivity index (χ3v) is 1.03. The van der Waals surface area contributed by atoms with Crippen LogP contribution in [0.25, 0.3) is 0 Å². The van der Waals surface area contributed by atoms with Gasteiger partial charge in [-0.1, -0.05) is 6.08 Å². The number of nitrogens with one attached hydrogen (secondary N) is 1. The van der Waals surface area contributed by atoms with Crippen molar-refractivity contribution >= 4 is 6.03 Å². The number of hydrogen-bond acceptors (Lipinski definition) is 3. The maximum atomic E-state index is 10.8. The lowest BCUT2D eigenvalue weighted by Crippen LogP contribution is -2.41. The van der Waals surface area contributed by atoms with Gasteiger partial charge in [-0.15, -0.1) is 6.58 Å². The summed E-state index contributed by atoms with van der Waals surface area (Å²) in [5, 5.41) is 19.3. The van der Waals surface area contributed by atoms with Gasteiger partial charge in [-0.25, -0.2) is 4.79 Å². The predicted octanol–water partition coefficient (Wildman–Crippen LogP) is -0.916. The van der Waals surface area contributed by atoms with E-state index < -0.39 is 19.5 Å². The first-order valence-electron chi connectivity index (χ1n) is 3.11. The molecule has 0 aromatic rings. The largest absolute Gasteiger partial charge is 0.376 e. The lowest BCUT2D eigenvalue weighted by atomic mass is 10.6. The molecule has 2 amide bonds. The molecule has 0 aromatic carbocycles. The van der Waals surface area contributed by atoms with Crippen LogP contribution >= 0.6 is 0 Å². The summed E-state index contributed by atoms with van der Waals surface area (Å²) in [6, 6.07) is -0.519. The van der Waals surface area contributed by atoms with Gasteiger partial charge in [-0.3, -0.25) is 4.90 Å². The van der Waals surface area contributed by atoms with E-state index in [1.165, 1.54) is 6.08 Å². The molecular formula is C6H12N2O3. The highest BCUT2D eigenvalue weighted by Crippen LogP contribution is 1.83. The van der Waals surface area contributed by atoms with E-state index in [0.29, 0.717) is 6.54 Å². The van der Waals surface area contributed by atoms with Crippen molar-refractivity contribution in [1.29, 1.82) is 0 Å². The first-order valence-corrected chi connectivity index (χ1v) is 3.11. The average molecular weight is 160 g/mol. The number of hydrogen-bond donors (Lipinski definition) is 3. The van der Waals surface area contributed by atoms with E-state index in [2.05, 4.69) is 11.9 Å². The second kappa shape index (κ2) is 5.70. The molecule has 5 heteroatoms. The second-order valence-corrected chi connectivity index (χ2v) is 1.80. The maximum absolute atomic E-state index is 10.8. The van der Waals surface area contributed by atoms with Crippen LogP contribution in [0.1, 0.15) is 0 Å². The van der Waals surface area contributed by atoms with Crippen molar-refractivity contribution in [3.8, 4) is 0 Å². The summed E-state index contributed by atoms with van der Waals surface area (Å²) in [5.41, 5.74) is 0. The van der Waals surface area contributed by atoms with Gasteiger partial charge in [-0.05, 0) is 0 Å². The molecule has 5 nitrogen and oxygen atoms in total. The van der Waals surface area contributed by atoms with Crippen molar-refractivity contribution in [3.05, 3.63) is 12.7 Å². The third-order valence-electron chi connectivity index (χ3n) is 1.03. The summed E-state index contributed by atoms with van der Waals surface area (Å²) in [5.74, 6) is 0. The quantitative estimate of drug-likeness (QED) is 0.368. The molecule has 0 saturated heterocycles. The van der Waals surface area contributed by atoms with Crippen molar-refractivity contribution in [1.82, 2.24) is 10.2 Å². The van der Waals surface area contributed by atoms with Crippen molar-refractivity contribution in [2.24, 2.45) is 0 Å². The Balaban J connectivity index is 3.69. The molecule has 0 unspecified atom stereocenters. The number of amides is 2. The Kier molecular flexibility index (Phi) is 5.14. The zero-order valence-corrected chi connectivity index (χ0v) is 6.16. The normalized spacial score (nSPS) is 8.91. The summed E-state index contributed by atoms with van der Waals surface area (Å²) in [7, 11) is 0. The predicted molar refractivity (Wildman–Crippen MR) is 39.6 cm³/mol. The van der Waals surface area contributed by atoms with Crippen LogP contribution in [0.3, 0.4) is 0 Å². The summed E-state index contributed by atoms with van der Waals surface area (Å²) in [4.78, 5) is 11.6. The smallest absolute Gasteiger partial charge is 0.321 e. The molecule has 3 N–H and O–H groups in total. The fourth-order valence-corrected chi connectivity index (χ4v) is 0.444. The molecule has 0 rings (SSSR count). The van der Waals surface area contributed by atoms with Gasteiger partial charge >= 0.3 is 6.03 Å². The van der Waals surface area contributed by atoms with E-state index in [4.69, 9.17) is 10.2 Å². The van der Waals surface area contributed by atoms with Gasteiger partial charge in [0, 0.05) is 6.54 Å². The van der Waals surface area contributed by atoms with E-state index in [1.807, 2.05) is 0 Å². The number of aliphatic hydroxyl groups excluding tert-OH is 2. The molecule has 0 aliphatic heterocycles. The Labute approximate surface area is 64.9 Å². The van der Waals surface area contributed by atoms with Gasteiger partial charge in [-0.2, -0.15) is 0 Å². The lowest BCUT2D eigenvalue weighted by molar-refractivity contribution is 0.0573. The Morgan fingerprint density at radius 1 is 1.55 bits per heavy atom. The van der Waals surface area contributed by atoms with Crippen LogP contribution in [0.2, 0.25) is 0 Å². The number of urea groups is 1. The van der Waals surface area contributed by atoms with Gasteiger partial charge in [0.2, 0.25) is 0 Å². The minimum Gasteiger partial charge on any atom is -0.376 e. The Morgan fingerprint density at radius 2 is 2.09 bits per heavy atom. The number of carbonyl (C=O) groups excluding carboxylic acids is 1. The molecule has 0 radical (unpaired) electrons. The standard InChI is InChI=1S/C6H12N2O3/c1-2-3-7-6(11)8(4-9)5-10/h2,9-10H,1,3-5H2,(H,7,11). The highest BCUT2D eigenvalue weighted by Gasteiger charge is 2.07. The molecule has 0 spiro atoms. The molecule has 0 heterocycles. The highest BCUT2D eigenvalue weighted by atomic mass is 16.3. The van der Waals surface area contributed by atoms with Crippen LogP contribution in [0.15, 0.2) is 12.7 Å². The fraction of sp³-hybridized carbons (Fsp3) is 0.500. The van der Waals surface area contributed by atoms with E-state index >= 15 is 0 Å². The monoisotopic (exact) mass is 160 g/mol. The van der Waals surface area contributed by atoms with Crippen molar-refractivity contribution in [3.63, 3.8) is 0 Å². The second-order valence-electron chi connectivity index (χ2n) is 1.80. The SMILES string of the molecule is C=CCNC(=O)N(CO)CO. The lowest BCUT2D eigenvalue weighted by Gasteiger charge is -2.16. The summed E-state index contributed by atoms with van der Waals surface area (Å²) < 4.78 is 0. The molecule has 0 aliphatic carbocycles. The molecular weight excluding hydrogens is 148 g/mol. The minimum atomic E-state index is -0.519. The minimum absolute atomic E-state index is 0.315. The number of rotatable bonds is 4. The van der Waals surface area contributed by atoms with Crippen LogP contribution in [0.4, 0.5) is 4.79 Å². The van der Waals surface area contributed by atoms with Crippen LogP contribution in [0.5, 0.6) is 0 Å². The summed E-state index contributed by atoms with van der Waals surface area (Å²) in [6.07, 6.45) is 1.50. The highest BCUT2D eigenvalue weighted by molar-refractivity contribution is 5.73. The molecule has 0 fully saturated rings. The van der Waals surface area contributed by atoms with Crippen LogP contribution < -0.4 is 5.32 Å². The molecule has 0 saturated carbocycles. The first kappa shape index (κ1) is 9.93. The number of nitrogens with zero attached hydrogens (tertiary/aromatic N) is 1.